The lowest BCUT2D eigenvalue weighted by molar-refractivity contribution is 0.0951. The number of aliphatic imine (C=N–C) groups is 1. The minimum atomic E-state index is -2.96. The van der Waals surface area contributed by atoms with Crippen LogP contribution in [0.1, 0.15) is 22.3 Å². The van der Waals surface area contributed by atoms with Crippen molar-refractivity contribution in [3.63, 3.8) is 0 Å². The summed E-state index contributed by atoms with van der Waals surface area (Å²) in [4.78, 5) is 21.9. The van der Waals surface area contributed by atoms with E-state index in [2.05, 4.69) is 38.4 Å². The summed E-state index contributed by atoms with van der Waals surface area (Å²) in [6, 6.07) is 13.2. The van der Waals surface area contributed by atoms with Crippen molar-refractivity contribution in [3.05, 3.63) is 58.6 Å². The molecule has 2 atom stereocenters. The molecule has 2 aromatic rings. The number of amides is 1. The number of hydrogen-bond donors (Lipinski definition) is 2. The minimum Gasteiger partial charge on any atom is -0.369 e. The van der Waals surface area contributed by atoms with Crippen molar-refractivity contribution < 1.29 is 13.2 Å². The number of aryl methyl sites for hydroxylation is 1. The highest BCUT2D eigenvalue weighted by atomic mass is 35.5. The van der Waals surface area contributed by atoms with Crippen LogP contribution in [0.15, 0.2) is 47.5 Å². The number of hydrogen-bond acceptors (Lipinski definition) is 8. The fourth-order valence-corrected chi connectivity index (χ4v) is 8.83. The first-order chi connectivity index (χ1) is 17.8. The lowest BCUT2D eigenvalue weighted by atomic mass is 10.1. The van der Waals surface area contributed by atoms with E-state index in [9.17, 15) is 13.2 Å². The molecule has 0 bridgehead atoms. The molecule has 3 aliphatic heterocycles. The van der Waals surface area contributed by atoms with Crippen LogP contribution in [0, 0.1) is 6.92 Å². The number of halogens is 1. The standard InChI is InChI=1S/C26H32ClN5O3S2/c1-18-3-6-20(27)15-23(18)32-13-11-31(12-14-32)10-2-9-28-25(33)19-4-7-21(8-5-19)29-26-30-22-16-37(34,35)17-24(22)36-26/h3-8,15,22,24H,2,9-14,16-17H2,1H3,(H,28,33)(H,29,30)/t22-,24-/m1/s1. The van der Waals surface area contributed by atoms with Crippen molar-refractivity contribution in [2.75, 3.05) is 61.0 Å². The summed E-state index contributed by atoms with van der Waals surface area (Å²) < 4.78 is 23.4. The molecule has 3 aliphatic rings. The van der Waals surface area contributed by atoms with E-state index in [1.54, 1.807) is 12.1 Å². The lowest BCUT2D eigenvalue weighted by Crippen LogP contribution is -2.47. The maximum atomic E-state index is 12.6. The molecule has 0 aromatic heterocycles. The second-order valence-electron chi connectivity index (χ2n) is 9.81. The molecule has 2 N–H and O–H groups in total. The van der Waals surface area contributed by atoms with Gasteiger partial charge in [0, 0.05) is 59.9 Å². The van der Waals surface area contributed by atoms with Gasteiger partial charge in [-0.05, 0) is 61.9 Å². The Labute approximate surface area is 227 Å². The normalized spacial score (nSPS) is 23.0. The van der Waals surface area contributed by atoms with Gasteiger partial charge in [0.2, 0.25) is 0 Å². The van der Waals surface area contributed by atoms with Crippen molar-refractivity contribution >= 4 is 55.6 Å². The Morgan fingerprint density at radius 2 is 1.86 bits per heavy atom. The molecule has 5 rings (SSSR count). The summed E-state index contributed by atoms with van der Waals surface area (Å²) in [6.07, 6.45) is 0.899. The number of fused-ring (bicyclic) bond motifs is 1. The highest BCUT2D eigenvalue weighted by Crippen LogP contribution is 2.34. The number of sulfone groups is 1. The van der Waals surface area contributed by atoms with Crippen LogP contribution in [0.3, 0.4) is 0 Å². The SMILES string of the molecule is Cc1ccc(Cl)cc1N1CCN(CCCNC(=O)c2ccc(NC3=N[C@@H]4CS(=O)(=O)C[C@H]4S3)cc2)CC1. The average Bonchev–Trinajstić information content (AvgIpc) is 3.36. The number of rotatable bonds is 7. The zero-order valence-corrected chi connectivity index (χ0v) is 23.2. The van der Waals surface area contributed by atoms with Crippen molar-refractivity contribution in [2.24, 2.45) is 4.99 Å². The second kappa shape index (κ2) is 11.2. The number of thioether (sulfide) groups is 1. The van der Waals surface area contributed by atoms with Crippen molar-refractivity contribution in [1.29, 1.82) is 0 Å². The third kappa shape index (κ3) is 6.60. The molecular weight excluding hydrogens is 530 g/mol. The van der Waals surface area contributed by atoms with E-state index in [0.29, 0.717) is 12.1 Å². The molecule has 8 nitrogen and oxygen atoms in total. The Morgan fingerprint density at radius 1 is 1.11 bits per heavy atom. The van der Waals surface area contributed by atoms with Crippen LogP contribution in [-0.4, -0.2) is 86.5 Å². The van der Waals surface area contributed by atoms with E-state index >= 15 is 0 Å². The van der Waals surface area contributed by atoms with Gasteiger partial charge in [-0.3, -0.25) is 14.7 Å². The van der Waals surface area contributed by atoms with E-state index < -0.39 is 9.84 Å². The van der Waals surface area contributed by atoms with Crippen LogP contribution < -0.4 is 15.5 Å². The number of nitrogens with zero attached hydrogens (tertiary/aromatic N) is 3. The third-order valence-electron chi connectivity index (χ3n) is 7.04. The van der Waals surface area contributed by atoms with E-state index in [1.165, 1.54) is 23.0 Å². The van der Waals surface area contributed by atoms with Gasteiger partial charge in [-0.2, -0.15) is 0 Å². The Morgan fingerprint density at radius 3 is 2.59 bits per heavy atom. The van der Waals surface area contributed by atoms with Crippen molar-refractivity contribution in [1.82, 2.24) is 10.2 Å². The van der Waals surface area contributed by atoms with Crippen LogP contribution in [0.25, 0.3) is 0 Å². The summed E-state index contributed by atoms with van der Waals surface area (Å²) in [5, 5.41) is 7.78. The van der Waals surface area contributed by atoms with E-state index in [-0.39, 0.29) is 28.7 Å². The van der Waals surface area contributed by atoms with Gasteiger partial charge in [-0.25, -0.2) is 8.42 Å². The molecule has 2 saturated heterocycles. The molecule has 1 amide bonds. The maximum absolute atomic E-state index is 12.6. The molecule has 0 saturated carbocycles. The molecule has 0 unspecified atom stereocenters. The van der Waals surface area contributed by atoms with Gasteiger partial charge in [-0.1, -0.05) is 29.4 Å². The molecule has 0 spiro atoms. The number of benzene rings is 2. The first kappa shape index (κ1) is 26.3. The Hall–Kier alpha value is -2.27. The molecule has 3 heterocycles. The number of anilines is 2. The van der Waals surface area contributed by atoms with E-state index in [0.717, 1.165) is 55.0 Å². The van der Waals surface area contributed by atoms with E-state index in [1.807, 2.05) is 24.3 Å². The quantitative estimate of drug-likeness (QED) is 0.501. The van der Waals surface area contributed by atoms with Gasteiger partial charge in [0.25, 0.3) is 5.91 Å². The van der Waals surface area contributed by atoms with Gasteiger partial charge in [0.15, 0.2) is 15.0 Å². The molecule has 2 fully saturated rings. The highest BCUT2D eigenvalue weighted by molar-refractivity contribution is 8.15. The minimum absolute atomic E-state index is 0.00795. The second-order valence-corrected chi connectivity index (χ2v) is 13.6. The molecule has 0 radical (unpaired) electrons. The van der Waals surface area contributed by atoms with Gasteiger partial charge in [0.1, 0.15) is 0 Å². The fourth-order valence-electron chi connectivity index (χ4n) is 4.99. The molecular formula is C26H32ClN5O3S2. The van der Waals surface area contributed by atoms with Crippen LogP contribution >= 0.6 is 23.4 Å². The lowest BCUT2D eigenvalue weighted by Gasteiger charge is -2.37. The Bertz CT molecular complexity index is 1280. The van der Waals surface area contributed by atoms with Crippen LogP contribution in [0.2, 0.25) is 5.02 Å². The van der Waals surface area contributed by atoms with Gasteiger partial charge in [-0.15, -0.1) is 0 Å². The molecule has 0 aliphatic carbocycles. The number of carbonyl (C=O) groups excluding carboxylic acids is 1. The summed E-state index contributed by atoms with van der Waals surface area (Å²) in [5.74, 6) is 0.239. The number of nitrogens with one attached hydrogen (secondary N) is 2. The molecule has 37 heavy (non-hydrogen) atoms. The Balaban J connectivity index is 1.01. The zero-order valence-electron chi connectivity index (χ0n) is 20.8. The van der Waals surface area contributed by atoms with Gasteiger partial charge < -0.3 is 15.5 Å². The summed E-state index contributed by atoms with van der Waals surface area (Å²) >= 11 is 7.67. The van der Waals surface area contributed by atoms with Crippen LogP contribution in [0.5, 0.6) is 0 Å². The van der Waals surface area contributed by atoms with Crippen LogP contribution in [0.4, 0.5) is 11.4 Å². The first-order valence-corrected chi connectivity index (χ1v) is 15.7. The highest BCUT2D eigenvalue weighted by Gasteiger charge is 2.42. The molecule has 2 aromatic carbocycles. The average molecular weight is 562 g/mol. The summed E-state index contributed by atoms with van der Waals surface area (Å²) in [5.41, 5.74) is 3.90. The third-order valence-corrected chi connectivity index (χ3v) is 10.4. The summed E-state index contributed by atoms with van der Waals surface area (Å²) in [6.45, 7) is 7.64. The van der Waals surface area contributed by atoms with Gasteiger partial charge in [0.05, 0.1) is 17.5 Å². The predicted octanol–water partition coefficient (Wildman–Crippen LogP) is 3.27. The van der Waals surface area contributed by atoms with Crippen molar-refractivity contribution in [3.8, 4) is 0 Å². The number of amidine groups is 1. The zero-order chi connectivity index (χ0) is 26.0. The fraction of sp³-hybridized carbons (Fsp3) is 0.462. The molecule has 11 heteroatoms. The smallest absolute Gasteiger partial charge is 0.251 e. The molecule has 198 valence electrons. The number of piperazine rings is 1. The first-order valence-electron chi connectivity index (χ1n) is 12.6. The Kier molecular flexibility index (Phi) is 7.99. The number of carbonyl (C=O) groups is 1. The monoisotopic (exact) mass is 561 g/mol. The summed E-state index contributed by atoms with van der Waals surface area (Å²) in [7, 11) is -2.96. The largest absolute Gasteiger partial charge is 0.369 e. The van der Waals surface area contributed by atoms with Gasteiger partial charge >= 0.3 is 0 Å². The van der Waals surface area contributed by atoms with Crippen LogP contribution in [-0.2, 0) is 9.84 Å². The predicted molar refractivity (Wildman–Crippen MR) is 153 cm³/mol. The van der Waals surface area contributed by atoms with E-state index in [4.69, 9.17) is 11.6 Å². The maximum Gasteiger partial charge on any atom is 0.251 e. The van der Waals surface area contributed by atoms with Crippen molar-refractivity contribution in [2.45, 2.75) is 24.6 Å². The topological polar surface area (TPSA) is 94.1 Å².